The Kier molecular flexibility index (Phi) is 10.7. The van der Waals surface area contributed by atoms with Crippen molar-refractivity contribution in [3.63, 3.8) is 0 Å². The topological polar surface area (TPSA) is 254 Å². The van der Waals surface area contributed by atoms with Crippen LogP contribution in [0, 0.1) is 10.1 Å². The number of nitro benzene ring substituents is 1. The van der Waals surface area contributed by atoms with Crippen LogP contribution in [0.15, 0.2) is 24.3 Å². The van der Waals surface area contributed by atoms with Gasteiger partial charge in [-0.3, -0.25) is 14.3 Å². The molecule has 53 heavy (non-hydrogen) atoms. The molecular weight excluding hydrogens is 758 g/mol. The van der Waals surface area contributed by atoms with Crippen LogP contribution in [0.3, 0.4) is 0 Å². The van der Waals surface area contributed by atoms with Crippen molar-refractivity contribution in [2.75, 3.05) is 13.2 Å². The maximum absolute atomic E-state index is 12.2. The summed E-state index contributed by atoms with van der Waals surface area (Å²) in [5.74, 6) is -3.73. The first-order chi connectivity index (χ1) is 24.3. The largest absolute Gasteiger partial charge is 0.726 e. The minimum Gasteiger partial charge on any atom is -0.726 e. The lowest BCUT2D eigenvalue weighted by Crippen LogP contribution is -2.56. The molecule has 6 aliphatic rings. The fraction of sp³-hybridized carbons (Fsp3) is 0.800. The predicted molar refractivity (Wildman–Crippen MR) is 169 cm³/mol. The summed E-state index contributed by atoms with van der Waals surface area (Å²) in [6.07, 6.45) is -6.64. The van der Waals surface area contributed by atoms with Crippen LogP contribution < -0.4 is 4.18 Å². The number of benzene rings is 1. The van der Waals surface area contributed by atoms with Crippen molar-refractivity contribution in [1.82, 2.24) is 0 Å². The van der Waals surface area contributed by atoms with Gasteiger partial charge in [0.25, 0.3) is 5.69 Å². The van der Waals surface area contributed by atoms with Crippen LogP contribution in [-0.4, -0.2) is 124 Å². The van der Waals surface area contributed by atoms with Gasteiger partial charge in [-0.15, -0.1) is 0 Å². The Bertz CT molecular complexity index is 1730. The third-order valence-corrected chi connectivity index (χ3v) is 9.75. The highest BCUT2D eigenvalue weighted by Gasteiger charge is 2.62. The van der Waals surface area contributed by atoms with E-state index in [1.807, 2.05) is 0 Å². The first-order valence-corrected chi connectivity index (χ1v) is 19.1. The lowest BCUT2D eigenvalue weighted by molar-refractivity contribution is -0.384. The molecule has 23 heteroatoms. The van der Waals surface area contributed by atoms with Gasteiger partial charge >= 0.3 is 10.4 Å². The summed E-state index contributed by atoms with van der Waals surface area (Å²) in [6.45, 7) is 12.9. The van der Waals surface area contributed by atoms with E-state index < -0.39 is 123 Å². The third kappa shape index (κ3) is 9.61. The summed E-state index contributed by atoms with van der Waals surface area (Å²) in [5.41, 5.74) is -0.204. The number of hydrogen-bond acceptors (Lipinski definition) is 20. The fourth-order valence-electron chi connectivity index (χ4n) is 6.72. The standard InChI is InChI=1S/C18H23NO11S.C12H20O9S/c1-17(2)26-13-12(25-16-15(14(13)27-17)28-18(3,4)29-16)9-24-31(22,23)30-11-7-5-10(6-8-11)19(20)21;1-11(2)18-7-6(5-16-22(13,14)15)17-10-9(8(7)19-11)20-12(3,4)21-10/h5-8,12-16H,9H2,1-4H3;6-10H,5H2,1-4H3,(H,13,14,15)/p-1/t12?,13-,14-,15?,16+;6?,7-,8-,9?,10+/m00/s1. The normalized spacial score (nSPS) is 37.4. The molecule has 7 rings (SSSR count). The molecule has 0 aromatic heterocycles. The summed E-state index contributed by atoms with van der Waals surface area (Å²) in [5, 5.41) is 10.7. The van der Waals surface area contributed by atoms with Crippen LogP contribution in [0.5, 0.6) is 5.75 Å². The van der Waals surface area contributed by atoms with E-state index in [1.165, 1.54) is 0 Å². The predicted octanol–water partition coefficient (Wildman–Crippen LogP) is 1.49. The van der Waals surface area contributed by atoms with Gasteiger partial charge in [0.2, 0.25) is 10.4 Å². The van der Waals surface area contributed by atoms with E-state index in [0.29, 0.717) is 0 Å². The van der Waals surface area contributed by atoms with Crippen molar-refractivity contribution < 1.29 is 86.2 Å². The van der Waals surface area contributed by atoms with E-state index in [-0.39, 0.29) is 11.4 Å². The molecular formula is C30H42NO20S2-. The van der Waals surface area contributed by atoms with Crippen molar-refractivity contribution in [1.29, 1.82) is 0 Å². The molecule has 0 N–H and O–H groups in total. The van der Waals surface area contributed by atoms with Crippen molar-refractivity contribution in [2.45, 2.75) is 140 Å². The highest BCUT2D eigenvalue weighted by Crippen LogP contribution is 2.45. The second kappa shape index (κ2) is 14.1. The minimum atomic E-state index is -4.82. The average molecular weight is 801 g/mol. The Morgan fingerprint density at radius 3 is 1.40 bits per heavy atom. The summed E-state index contributed by atoms with van der Waals surface area (Å²) >= 11 is 0. The summed E-state index contributed by atoms with van der Waals surface area (Å²) < 4.78 is 129. The highest BCUT2D eigenvalue weighted by molar-refractivity contribution is 7.82. The number of ether oxygens (including phenoxy) is 10. The molecule has 0 aliphatic carbocycles. The maximum Gasteiger partial charge on any atom is 0.449 e. The summed E-state index contributed by atoms with van der Waals surface area (Å²) in [4.78, 5) is 10.1. The van der Waals surface area contributed by atoms with E-state index in [1.54, 1.807) is 55.4 Å². The van der Waals surface area contributed by atoms with Crippen molar-refractivity contribution in [3.8, 4) is 5.75 Å². The number of nitrogens with zero attached hydrogens (tertiary/aromatic N) is 1. The van der Waals surface area contributed by atoms with Crippen LogP contribution in [0.25, 0.3) is 0 Å². The number of rotatable bonds is 9. The van der Waals surface area contributed by atoms with E-state index in [9.17, 15) is 31.5 Å². The molecule has 0 saturated carbocycles. The Hall–Kier alpha value is -2.20. The zero-order chi connectivity index (χ0) is 38.9. The van der Waals surface area contributed by atoms with Gasteiger partial charge in [-0.25, -0.2) is 12.6 Å². The number of nitro groups is 1. The number of non-ortho nitro benzene ring substituents is 1. The van der Waals surface area contributed by atoms with Gasteiger partial charge < -0.3 is 56.1 Å². The van der Waals surface area contributed by atoms with Crippen LogP contribution in [0.2, 0.25) is 0 Å². The smallest absolute Gasteiger partial charge is 0.449 e. The van der Waals surface area contributed by atoms with Gasteiger partial charge in [-0.05, 0) is 67.5 Å². The maximum atomic E-state index is 12.2. The van der Waals surface area contributed by atoms with Crippen LogP contribution >= 0.6 is 0 Å². The Labute approximate surface area is 305 Å². The molecule has 6 aliphatic heterocycles. The van der Waals surface area contributed by atoms with Crippen LogP contribution in [-0.2, 0) is 76.5 Å². The van der Waals surface area contributed by atoms with Gasteiger partial charge in [-0.1, -0.05) is 0 Å². The monoisotopic (exact) mass is 800 g/mol. The minimum absolute atomic E-state index is 0.135. The van der Waals surface area contributed by atoms with Gasteiger partial charge in [0.15, 0.2) is 35.7 Å². The van der Waals surface area contributed by atoms with Crippen LogP contribution in [0.1, 0.15) is 55.4 Å². The zero-order valence-electron chi connectivity index (χ0n) is 29.9. The number of fused-ring (bicyclic) bond motifs is 6. The molecule has 4 unspecified atom stereocenters. The molecule has 0 amide bonds. The van der Waals surface area contributed by atoms with Gasteiger partial charge in [0.1, 0.15) is 54.6 Å². The highest BCUT2D eigenvalue weighted by atomic mass is 32.3. The van der Waals surface area contributed by atoms with Crippen molar-refractivity contribution in [3.05, 3.63) is 34.4 Å². The fourth-order valence-corrected chi connectivity index (χ4v) is 7.72. The number of hydrogen-bond donors (Lipinski definition) is 0. The molecule has 0 bridgehead atoms. The van der Waals surface area contributed by atoms with Gasteiger partial charge in [0.05, 0.1) is 18.1 Å². The average Bonchev–Trinajstić information content (AvgIpc) is 3.71. The molecule has 1 aromatic rings. The molecule has 6 saturated heterocycles. The van der Waals surface area contributed by atoms with Gasteiger partial charge in [0, 0.05) is 12.1 Å². The molecule has 6 fully saturated rings. The molecule has 10 atom stereocenters. The first-order valence-electron chi connectivity index (χ1n) is 16.5. The molecule has 300 valence electrons. The lowest BCUT2D eigenvalue weighted by atomic mass is 9.99. The summed E-state index contributed by atoms with van der Waals surface area (Å²) in [6, 6.07) is 4.54. The van der Waals surface area contributed by atoms with Crippen molar-refractivity contribution in [2.24, 2.45) is 0 Å². The second-order valence-electron chi connectivity index (χ2n) is 14.6. The van der Waals surface area contributed by atoms with E-state index >= 15 is 0 Å². The summed E-state index contributed by atoms with van der Waals surface area (Å²) in [7, 11) is -9.31. The third-order valence-electron chi connectivity index (χ3n) is 8.50. The Morgan fingerprint density at radius 1 is 0.604 bits per heavy atom. The first kappa shape index (κ1) is 40.5. The quantitative estimate of drug-likeness (QED) is 0.148. The van der Waals surface area contributed by atoms with Gasteiger partial charge in [-0.2, -0.15) is 8.42 Å². The molecule has 1 aromatic carbocycles. The Morgan fingerprint density at radius 2 is 0.981 bits per heavy atom. The SMILES string of the molecule is CC1(C)OC2[C@H](OC(COS(=O)(=O)Oc3ccc([N+](=O)[O-])cc3)[C@@H]3OC(C)(C)O[C@H]23)O1.CC1(C)OC2[C@H](OC(COS(=O)(=O)[O-])[C@@H]3OC(C)(C)O[C@H]23)O1. The van der Waals surface area contributed by atoms with E-state index in [4.69, 9.17) is 55.7 Å². The Balaban J connectivity index is 0.000000192. The molecule has 21 nitrogen and oxygen atoms in total. The second-order valence-corrected chi connectivity index (χ2v) is 16.9. The van der Waals surface area contributed by atoms with Crippen LogP contribution in [0.4, 0.5) is 5.69 Å². The van der Waals surface area contributed by atoms with E-state index in [0.717, 1.165) is 24.3 Å². The van der Waals surface area contributed by atoms with Crippen molar-refractivity contribution >= 4 is 26.5 Å². The van der Waals surface area contributed by atoms with E-state index in [2.05, 4.69) is 4.18 Å². The molecule has 6 heterocycles. The zero-order valence-corrected chi connectivity index (χ0v) is 31.6. The molecule has 0 spiro atoms. The lowest BCUT2D eigenvalue weighted by Gasteiger charge is -2.37. The molecule has 0 radical (unpaired) electrons.